The molecule has 166 valence electrons. The predicted molar refractivity (Wildman–Crippen MR) is 123 cm³/mol. The molecule has 2 N–H and O–H groups in total. The molecule has 0 radical (unpaired) electrons. The molecule has 5 nitrogen and oxygen atoms in total. The number of hydrogen-bond acceptors (Lipinski definition) is 3. The Balaban J connectivity index is 0.00000420. The fourth-order valence-electron chi connectivity index (χ4n) is 3.53. The van der Waals surface area contributed by atoms with Crippen molar-refractivity contribution < 1.29 is 13.2 Å². The lowest BCUT2D eigenvalue weighted by atomic mass is 10.2. The molecular weight excluding hydrogens is 494 g/mol. The summed E-state index contributed by atoms with van der Waals surface area (Å²) >= 11 is 0. The van der Waals surface area contributed by atoms with Gasteiger partial charge in [-0.05, 0) is 45.0 Å². The second-order valence-corrected chi connectivity index (χ2v) is 7.34. The van der Waals surface area contributed by atoms with E-state index >= 15 is 0 Å². The van der Waals surface area contributed by atoms with E-state index in [1.165, 1.54) is 23.9 Å². The fraction of sp³-hybridized carbons (Fsp3) is 0.650. The quantitative estimate of drug-likeness (QED) is 0.224. The maximum absolute atomic E-state index is 12.3. The third kappa shape index (κ3) is 10.5. The maximum atomic E-state index is 12.3. The largest absolute Gasteiger partial charge is 0.401 e. The van der Waals surface area contributed by atoms with Crippen LogP contribution in [0.1, 0.15) is 24.8 Å². The Kier molecular flexibility index (Phi) is 11.9. The van der Waals surface area contributed by atoms with E-state index in [4.69, 9.17) is 0 Å². The highest BCUT2D eigenvalue weighted by molar-refractivity contribution is 14.0. The van der Waals surface area contributed by atoms with Gasteiger partial charge in [-0.25, -0.2) is 0 Å². The van der Waals surface area contributed by atoms with Crippen molar-refractivity contribution in [3.05, 3.63) is 35.9 Å². The van der Waals surface area contributed by atoms with Crippen LogP contribution in [0.4, 0.5) is 13.2 Å². The third-order valence-corrected chi connectivity index (χ3v) is 4.91. The van der Waals surface area contributed by atoms with E-state index in [9.17, 15) is 13.2 Å². The Bertz CT molecular complexity index is 598. The van der Waals surface area contributed by atoms with Crippen molar-refractivity contribution in [3.63, 3.8) is 0 Å². The van der Waals surface area contributed by atoms with Gasteiger partial charge in [-0.2, -0.15) is 13.2 Å². The molecule has 1 atom stereocenters. The number of rotatable bonds is 9. The average Bonchev–Trinajstić information content (AvgIpc) is 3.07. The van der Waals surface area contributed by atoms with Crippen molar-refractivity contribution >= 4 is 29.9 Å². The standard InChI is InChI=1S/C20H32F3N5.HI/c1-24-19(25-11-7-12-27(2)16-20(21,22)23)26-14-18-10-6-13-28(18)15-17-8-4-3-5-9-17;/h3-5,8-9,18H,6-7,10-16H2,1-2H3,(H2,24,25,26);1H. The zero-order valence-corrected chi connectivity index (χ0v) is 19.5. The minimum atomic E-state index is -4.15. The van der Waals surface area contributed by atoms with E-state index in [2.05, 4.69) is 44.8 Å². The molecule has 1 fully saturated rings. The van der Waals surface area contributed by atoms with Crippen LogP contribution in [-0.4, -0.2) is 74.8 Å². The molecule has 0 saturated carbocycles. The first-order valence-electron chi connectivity index (χ1n) is 9.85. The smallest absolute Gasteiger partial charge is 0.356 e. The minimum absolute atomic E-state index is 0. The lowest BCUT2D eigenvalue weighted by Crippen LogP contribution is -2.45. The van der Waals surface area contributed by atoms with Crippen LogP contribution in [0.5, 0.6) is 0 Å². The SMILES string of the molecule is CN=C(NCCCN(C)CC(F)(F)F)NCC1CCCN1Cc1ccccc1.I. The molecular formula is C20H33F3IN5. The van der Waals surface area contributed by atoms with E-state index in [-0.39, 0.29) is 24.0 Å². The Hall–Kier alpha value is -1.07. The fourth-order valence-corrected chi connectivity index (χ4v) is 3.53. The summed E-state index contributed by atoms with van der Waals surface area (Å²) in [6.07, 6.45) is -1.18. The molecule has 1 aromatic rings. The summed E-state index contributed by atoms with van der Waals surface area (Å²) in [6, 6.07) is 10.9. The molecule has 29 heavy (non-hydrogen) atoms. The average molecular weight is 527 g/mol. The van der Waals surface area contributed by atoms with E-state index in [0.29, 0.717) is 31.5 Å². The van der Waals surface area contributed by atoms with Crippen molar-refractivity contribution in [2.45, 2.75) is 38.0 Å². The Morgan fingerprint density at radius 3 is 2.62 bits per heavy atom. The molecule has 9 heteroatoms. The van der Waals surface area contributed by atoms with Gasteiger partial charge in [0, 0.05) is 32.7 Å². The van der Waals surface area contributed by atoms with Gasteiger partial charge in [0.1, 0.15) is 0 Å². The first-order chi connectivity index (χ1) is 13.4. The van der Waals surface area contributed by atoms with Gasteiger partial charge < -0.3 is 10.6 Å². The van der Waals surface area contributed by atoms with Crippen LogP contribution >= 0.6 is 24.0 Å². The predicted octanol–water partition coefficient (Wildman–Crippen LogP) is 3.32. The highest BCUT2D eigenvalue weighted by atomic mass is 127. The molecule has 0 bridgehead atoms. The summed E-state index contributed by atoms with van der Waals surface area (Å²) in [4.78, 5) is 7.99. The minimum Gasteiger partial charge on any atom is -0.356 e. The van der Waals surface area contributed by atoms with E-state index in [1.807, 2.05) is 6.07 Å². The second kappa shape index (κ2) is 13.3. The molecule has 1 saturated heterocycles. The number of nitrogens with one attached hydrogen (secondary N) is 2. The monoisotopic (exact) mass is 527 g/mol. The zero-order chi connectivity index (χ0) is 20.4. The summed E-state index contributed by atoms with van der Waals surface area (Å²) in [5.74, 6) is 0.699. The Morgan fingerprint density at radius 2 is 1.97 bits per heavy atom. The van der Waals surface area contributed by atoms with Gasteiger partial charge in [0.05, 0.1) is 6.54 Å². The zero-order valence-electron chi connectivity index (χ0n) is 17.2. The van der Waals surface area contributed by atoms with Gasteiger partial charge in [-0.1, -0.05) is 30.3 Å². The molecule has 1 aromatic carbocycles. The van der Waals surface area contributed by atoms with Crippen LogP contribution in [0.2, 0.25) is 0 Å². The number of benzene rings is 1. The number of guanidine groups is 1. The highest BCUT2D eigenvalue weighted by Crippen LogP contribution is 2.19. The first-order valence-corrected chi connectivity index (χ1v) is 9.85. The maximum Gasteiger partial charge on any atom is 0.401 e. The Labute approximate surface area is 189 Å². The first kappa shape index (κ1) is 26.0. The van der Waals surface area contributed by atoms with E-state index in [0.717, 1.165) is 26.1 Å². The van der Waals surface area contributed by atoms with Crippen molar-refractivity contribution in [3.8, 4) is 0 Å². The highest BCUT2D eigenvalue weighted by Gasteiger charge is 2.28. The molecule has 2 rings (SSSR count). The summed E-state index contributed by atoms with van der Waals surface area (Å²) in [5, 5.41) is 6.55. The van der Waals surface area contributed by atoms with Gasteiger partial charge in [-0.3, -0.25) is 14.8 Å². The molecule has 1 aliphatic rings. The van der Waals surface area contributed by atoms with Crippen molar-refractivity contribution in [1.29, 1.82) is 0 Å². The molecule has 0 aromatic heterocycles. The van der Waals surface area contributed by atoms with Crippen molar-refractivity contribution in [2.75, 3.05) is 46.8 Å². The van der Waals surface area contributed by atoms with Crippen LogP contribution in [0.15, 0.2) is 35.3 Å². The third-order valence-electron chi connectivity index (χ3n) is 4.91. The van der Waals surface area contributed by atoms with Crippen LogP contribution in [0, 0.1) is 0 Å². The second-order valence-electron chi connectivity index (χ2n) is 7.34. The molecule has 1 unspecified atom stereocenters. The van der Waals surface area contributed by atoms with Crippen LogP contribution in [0.25, 0.3) is 0 Å². The molecule has 0 aliphatic carbocycles. The van der Waals surface area contributed by atoms with E-state index < -0.39 is 12.7 Å². The Morgan fingerprint density at radius 1 is 1.24 bits per heavy atom. The summed E-state index contributed by atoms with van der Waals surface area (Å²) in [6.45, 7) is 2.94. The summed E-state index contributed by atoms with van der Waals surface area (Å²) in [5.41, 5.74) is 1.32. The van der Waals surface area contributed by atoms with E-state index in [1.54, 1.807) is 7.05 Å². The molecule has 0 spiro atoms. The molecule has 0 amide bonds. The van der Waals surface area contributed by atoms with Crippen molar-refractivity contribution in [1.82, 2.24) is 20.4 Å². The normalized spacial score (nSPS) is 18.0. The molecule has 1 aliphatic heterocycles. The number of halogens is 4. The van der Waals surface area contributed by atoms with Crippen molar-refractivity contribution in [2.24, 2.45) is 4.99 Å². The van der Waals surface area contributed by atoms with Crippen LogP contribution in [-0.2, 0) is 6.54 Å². The summed E-state index contributed by atoms with van der Waals surface area (Å²) in [7, 11) is 3.20. The lowest BCUT2D eigenvalue weighted by Gasteiger charge is -2.25. The van der Waals surface area contributed by atoms with Gasteiger partial charge in [0.15, 0.2) is 5.96 Å². The van der Waals surface area contributed by atoms with Gasteiger partial charge in [-0.15, -0.1) is 24.0 Å². The van der Waals surface area contributed by atoms with Crippen LogP contribution < -0.4 is 10.6 Å². The van der Waals surface area contributed by atoms with Crippen LogP contribution in [0.3, 0.4) is 0 Å². The topological polar surface area (TPSA) is 42.9 Å². The van der Waals surface area contributed by atoms with Gasteiger partial charge in [0.2, 0.25) is 0 Å². The summed E-state index contributed by atoms with van der Waals surface area (Å²) < 4.78 is 37.0. The van der Waals surface area contributed by atoms with Gasteiger partial charge in [0.25, 0.3) is 0 Å². The lowest BCUT2D eigenvalue weighted by molar-refractivity contribution is -0.143. The number of nitrogens with zero attached hydrogens (tertiary/aromatic N) is 3. The number of alkyl halides is 3. The number of hydrogen-bond donors (Lipinski definition) is 2. The van der Waals surface area contributed by atoms with Gasteiger partial charge >= 0.3 is 6.18 Å². The number of aliphatic imine (C=N–C) groups is 1. The molecule has 1 heterocycles. The number of likely N-dealkylation sites (tertiary alicyclic amines) is 1.